The molecule has 1 aromatic heterocycles. The van der Waals surface area contributed by atoms with E-state index < -0.39 is 0 Å². The van der Waals surface area contributed by atoms with Crippen LogP contribution < -0.4 is 5.32 Å². The zero-order valence-corrected chi connectivity index (χ0v) is 15.2. The first-order valence-electron chi connectivity index (χ1n) is 9.30. The SMILES string of the molecule is O=C(NCc1ccccc1CN1CCOCC1)c1ccc2ccccc2n1. The molecular weight excluding hydrogens is 338 g/mol. The molecule has 0 aliphatic carbocycles. The van der Waals surface area contributed by atoms with Gasteiger partial charge in [0.05, 0.1) is 18.7 Å². The molecule has 2 heterocycles. The zero-order valence-electron chi connectivity index (χ0n) is 15.2. The van der Waals surface area contributed by atoms with E-state index in [0.717, 1.165) is 49.3 Å². The number of aromatic nitrogens is 1. The number of nitrogens with one attached hydrogen (secondary N) is 1. The maximum absolute atomic E-state index is 12.6. The summed E-state index contributed by atoms with van der Waals surface area (Å²) in [5, 5.41) is 4.05. The van der Waals surface area contributed by atoms with Crippen molar-refractivity contribution in [2.45, 2.75) is 13.1 Å². The highest BCUT2D eigenvalue weighted by atomic mass is 16.5. The van der Waals surface area contributed by atoms with Gasteiger partial charge in [-0.15, -0.1) is 0 Å². The Bertz CT molecular complexity index is 935. The zero-order chi connectivity index (χ0) is 18.5. The van der Waals surface area contributed by atoms with Gasteiger partial charge in [0.25, 0.3) is 5.91 Å². The van der Waals surface area contributed by atoms with Gasteiger partial charge in [0.2, 0.25) is 0 Å². The monoisotopic (exact) mass is 361 g/mol. The average molecular weight is 361 g/mol. The Balaban J connectivity index is 1.43. The number of rotatable bonds is 5. The van der Waals surface area contributed by atoms with E-state index in [9.17, 15) is 4.79 Å². The molecule has 4 rings (SSSR count). The molecule has 0 spiro atoms. The van der Waals surface area contributed by atoms with Gasteiger partial charge in [0.1, 0.15) is 5.69 Å². The lowest BCUT2D eigenvalue weighted by molar-refractivity contribution is 0.0340. The number of carbonyl (C=O) groups excluding carboxylic acids is 1. The standard InChI is InChI=1S/C22H23N3O2/c26-22(21-10-9-17-5-3-4-8-20(17)24-21)23-15-18-6-1-2-7-19(18)16-25-11-13-27-14-12-25/h1-10H,11-16H2,(H,23,26). The summed E-state index contributed by atoms with van der Waals surface area (Å²) in [6.07, 6.45) is 0. The van der Waals surface area contributed by atoms with Crippen molar-refractivity contribution in [3.05, 3.63) is 77.5 Å². The third-order valence-electron chi connectivity index (χ3n) is 4.89. The van der Waals surface area contributed by atoms with Gasteiger partial charge in [-0.05, 0) is 23.3 Å². The van der Waals surface area contributed by atoms with Gasteiger partial charge < -0.3 is 10.1 Å². The van der Waals surface area contributed by atoms with Crippen LogP contribution in [-0.4, -0.2) is 42.1 Å². The average Bonchev–Trinajstić information content (AvgIpc) is 2.73. The predicted molar refractivity (Wildman–Crippen MR) is 105 cm³/mol. The first-order valence-corrected chi connectivity index (χ1v) is 9.30. The molecule has 5 nitrogen and oxygen atoms in total. The smallest absolute Gasteiger partial charge is 0.270 e. The second-order valence-corrected chi connectivity index (χ2v) is 6.73. The maximum atomic E-state index is 12.6. The fraction of sp³-hybridized carbons (Fsp3) is 0.273. The van der Waals surface area contributed by atoms with Crippen molar-refractivity contribution in [1.29, 1.82) is 0 Å². The predicted octanol–water partition coefficient (Wildman–Crippen LogP) is 3.00. The number of amides is 1. The number of fused-ring (bicyclic) bond motifs is 1. The second kappa shape index (κ2) is 8.29. The highest BCUT2D eigenvalue weighted by Gasteiger charge is 2.14. The number of nitrogens with zero attached hydrogens (tertiary/aromatic N) is 2. The lowest BCUT2D eigenvalue weighted by Crippen LogP contribution is -2.36. The summed E-state index contributed by atoms with van der Waals surface area (Å²) in [6, 6.07) is 19.8. The van der Waals surface area contributed by atoms with Crippen LogP contribution in [0.2, 0.25) is 0 Å². The first-order chi connectivity index (χ1) is 13.3. The molecule has 2 aromatic carbocycles. The summed E-state index contributed by atoms with van der Waals surface area (Å²) >= 11 is 0. The number of hydrogen-bond donors (Lipinski definition) is 1. The molecule has 1 aliphatic heterocycles. The van der Waals surface area contributed by atoms with Crippen LogP contribution in [0, 0.1) is 0 Å². The third-order valence-corrected chi connectivity index (χ3v) is 4.89. The third kappa shape index (κ3) is 4.32. The summed E-state index contributed by atoms with van der Waals surface area (Å²) in [4.78, 5) is 19.4. The van der Waals surface area contributed by atoms with Gasteiger partial charge in [-0.3, -0.25) is 9.69 Å². The summed E-state index contributed by atoms with van der Waals surface area (Å²) in [7, 11) is 0. The Morgan fingerprint density at radius 2 is 1.70 bits per heavy atom. The van der Waals surface area contributed by atoms with Gasteiger partial charge in [0.15, 0.2) is 0 Å². The summed E-state index contributed by atoms with van der Waals surface area (Å²) in [5.74, 6) is -0.151. The molecule has 0 atom stereocenters. The van der Waals surface area contributed by atoms with Crippen LogP contribution in [0.4, 0.5) is 0 Å². The van der Waals surface area contributed by atoms with E-state index in [-0.39, 0.29) is 5.91 Å². The fourth-order valence-corrected chi connectivity index (χ4v) is 3.34. The Hall–Kier alpha value is -2.76. The topological polar surface area (TPSA) is 54.5 Å². The number of para-hydroxylation sites is 1. The van der Waals surface area contributed by atoms with Crippen molar-refractivity contribution in [1.82, 2.24) is 15.2 Å². The first kappa shape index (κ1) is 17.6. The van der Waals surface area contributed by atoms with Crippen LogP contribution in [0.15, 0.2) is 60.7 Å². The molecule has 5 heteroatoms. The van der Waals surface area contributed by atoms with Crippen molar-refractivity contribution >= 4 is 16.8 Å². The van der Waals surface area contributed by atoms with Crippen LogP contribution in [0.3, 0.4) is 0 Å². The van der Waals surface area contributed by atoms with E-state index >= 15 is 0 Å². The van der Waals surface area contributed by atoms with Gasteiger partial charge in [-0.2, -0.15) is 0 Å². The number of benzene rings is 2. The highest BCUT2D eigenvalue weighted by Crippen LogP contribution is 2.14. The van der Waals surface area contributed by atoms with Crippen molar-refractivity contribution in [2.75, 3.05) is 26.3 Å². The normalized spacial score (nSPS) is 15.0. The Kier molecular flexibility index (Phi) is 5.42. The van der Waals surface area contributed by atoms with Crippen LogP contribution in [0.1, 0.15) is 21.6 Å². The molecule has 1 amide bonds. The lowest BCUT2D eigenvalue weighted by Gasteiger charge is -2.27. The van der Waals surface area contributed by atoms with Gasteiger partial charge in [-0.25, -0.2) is 4.98 Å². The summed E-state index contributed by atoms with van der Waals surface area (Å²) in [6.45, 7) is 4.83. The minimum atomic E-state index is -0.151. The second-order valence-electron chi connectivity index (χ2n) is 6.73. The van der Waals surface area contributed by atoms with E-state index in [0.29, 0.717) is 12.2 Å². The molecule has 1 aliphatic rings. The van der Waals surface area contributed by atoms with Crippen molar-refractivity contribution < 1.29 is 9.53 Å². The van der Waals surface area contributed by atoms with Gasteiger partial charge in [-0.1, -0.05) is 48.5 Å². The Labute approximate surface area is 159 Å². The minimum Gasteiger partial charge on any atom is -0.379 e. The van der Waals surface area contributed by atoms with E-state index in [1.807, 2.05) is 42.5 Å². The van der Waals surface area contributed by atoms with Gasteiger partial charge in [0, 0.05) is 31.6 Å². The number of morpholine rings is 1. The molecular formula is C22H23N3O2. The number of pyridine rings is 1. The Morgan fingerprint density at radius 3 is 2.56 bits per heavy atom. The molecule has 27 heavy (non-hydrogen) atoms. The lowest BCUT2D eigenvalue weighted by atomic mass is 10.1. The van der Waals surface area contributed by atoms with Crippen LogP contribution in [0.25, 0.3) is 10.9 Å². The summed E-state index contributed by atoms with van der Waals surface area (Å²) < 4.78 is 5.42. The molecule has 3 aromatic rings. The van der Waals surface area contributed by atoms with Crippen LogP contribution in [0.5, 0.6) is 0 Å². The molecule has 1 N–H and O–H groups in total. The van der Waals surface area contributed by atoms with Gasteiger partial charge >= 0.3 is 0 Å². The number of carbonyl (C=O) groups is 1. The van der Waals surface area contributed by atoms with Crippen molar-refractivity contribution in [3.8, 4) is 0 Å². The van der Waals surface area contributed by atoms with Crippen LogP contribution >= 0.6 is 0 Å². The molecule has 0 unspecified atom stereocenters. The number of ether oxygens (including phenoxy) is 1. The maximum Gasteiger partial charge on any atom is 0.270 e. The molecule has 0 bridgehead atoms. The molecule has 138 valence electrons. The number of hydrogen-bond acceptors (Lipinski definition) is 4. The van der Waals surface area contributed by atoms with E-state index in [1.165, 1.54) is 5.56 Å². The Morgan fingerprint density at radius 1 is 0.963 bits per heavy atom. The van der Waals surface area contributed by atoms with E-state index in [4.69, 9.17) is 4.74 Å². The molecule has 1 saturated heterocycles. The van der Waals surface area contributed by atoms with Crippen molar-refractivity contribution in [3.63, 3.8) is 0 Å². The molecule has 0 saturated carbocycles. The molecule has 1 fully saturated rings. The minimum absolute atomic E-state index is 0.151. The fourth-order valence-electron chi connectivity index (χ4n) is 3.34. The van der Waals surface area contributed by atoms with E-state index in [2.05, 4.69) is 27.3 Å². The highest BCUT2D eigenvalue weighted by molar-refractivity contribution is 5.94. The quantitative estimate of drug-likeness (QED) is 0.759. The van der Waals surface area contributed by atoms with Crippen molar-refractivity contribution in [2.24, 2.45) is 0 Å². The van der Waals surface area contributed by atoms with Crippen LogP contribution in [-0.2, 0) is 17.8 Å². The molecule has 0 radical (unpaired) electrons. The van der Waals surface area contributed by atoms with E-state index in [1.54, 1.807) is 6.07 Å². The summed E-state index contributed by atoms with van der Waals surface area (Å²) in [5.41, 5.74) is 3.65. The largest absolute Gasteiger partial charge is 0.379 e.